The zero-order chi connectivity index (χ0) is 17.9. The Hall–Kier alpha value is -1.95. The Labute approximate surface area is 147 Å². The van der Waals surface area contributed by atoms with Crippen LogP contribution in [0.2, 0.25) is 5.02 Å². The van der Waals surface area contributed by atoms with Gasteiger partial charge in [-0.3, -0.25) is 4.79 Å². The van der Waals surface area contributed by atoms with Gasteiger partial charge in [-0.05, 0) is 38.5 Å². The van der Waals surface area contributed by atoms with E-state index in [1.807, 2.05) is 20.8 Å². The standard InChI is InChI=1S/C17H24ClN3O3/c1-11(2)19-17(23)21-7-5-20(6-8-21)16(22)13-10-14(18)15(24-4)9-12(13)3/h9-11H,5-8H2,1-4H3,(H,19,23). The number of methoxy groups -OCH3 is 1. The van der Waals surface area contributed by atoms with Crippen molar-refractivity contribution in [2.75, 3.05) is 33.3 Å². The van der Waals surface area contributed by atoms with Crippen LogP contribution in [0.3, 0.4) is 0 Å². The Balaban J connectivity index is 2.03. The van der Waals surface area contributed by atoms with E-state index in [-0.39, 0.29) is 18.0 Å². The molecular formula is C17H24ClN3O3. The third-order valence-corrected chi connectivity index (χ3v) is 4.29. The van der Waals surface area contributed by atoms with Gasteiger partial charge in [-0.15, -0.1) is 0 Å². The minimum absolute atomic E-state index is 0.0685. The van der Waals surface area contributed by atoms with Crippen LogP contribution in [0.4, 0.5) is 4.79 Å². The highest BCUT2D eigenvalue weighted by molar-refractivity contribution is 6.32. The van der Waals surface area contributed by atoms with Crippen molar-refractivity contribution in [2.24, 2.45) is 0 Å². The summed E-state index contributed by atoms with van der Waals surface area (Å²) in [6, 6.07) is 3.43. The maximum absolute atomic E-state index is 12.7. The number of carbonyl (C=O) groups excluding carboxylic acids is 2. The van der Waals surface area contributed by atoms with Gasteiger partial charge in [0, 0.05) is 37.8 Å². The van der Waals surface area contributed by atoms with Crippen LogP contribution in [0.5, 0.6) is 5.75 Å². The average molecular weight is 354 g/mol. The highest BCUT2D eigenvalue weighted by Gasteiger charge is 2.26. The lowest BCUT2D eigenvalue weighted by Crippen LogP contribution is -2.54. The average Bonchev–Trinajstić information content (AvgIpc) is 2.55. The Kier molecular flexibility index (Phi) is 5.94. The summed E-state index contributed by atoms with van der Waals surface area (Å²) < 4.78 is 5.17. The number of halogens is 1. The van der Waals surface area contributed by atoms with Gasteiger partial charge < -0.3 is 19.9 Å². The van der Waals surface area contributed by atoms with Crippen molar-refractivity contribution >= 4 is 23.5 Å². The number of hydrogen-bond acceptors (Lipinski definition) is 3. The van der Waals surface area contributed by atoms with Crippen LogP contribution < -0.4 is 10.1 Å². The molecule has 0 radical (unpaired) electrons. The molecule has 1 saturated heterocycles. The molecule has 0 unspecified atom stereocenters. The first-order valence-electron chi connectivity index (χ1n) is 8.02. The molecule has 0 bridgehead atoms. The van der Waals surface area contributed by atoms with E-state index >= 15 is 0 Å². The highest BCUT2D eigenvalue weighted by atomic mass is 35.5. The second-order valence-corrected chi connectivity index (χ2v) is 6.59. The third-order valence-electron chi connectivity index (χ3n) is 4.00. The van der Waals surface area contributed by atoms with Gasteiger partial charge >= 0.3 is 6.03 Å². The number of benzene rings is 1. The second-order valence-electron chi connectivity index (χ2n) is 6.19. The molecule has 1 aromatic rings. The molecular weight excluding hydrogens is 330 g/mol. The van der Waals surface area contributed by atoms with Crippen LogP contribution in [0.1, 0.15) is 29.8 Å². The van der Waals surface area contributed by atoms with E-state index in [0.717, 1.165) is 5.56 Å². The van der Waals surface area contributed by atoms with Crippen molar-refractivity contribution in [3.63, 3.8) is 0 Å². The molecule has 2 rings (SSSR count). The number of aryl methyl sites for hydroxylation is 1. The quantitative estimate of drug-likeness (QED) is 0.908. The Morgan fingerprint density at radius 1 is 1.17 bits per heavy atom. The number of hydrogen-bond donors (Lipinski definition) is 1. The first-order chi connectivity index (χ1) is 11.3. The third kappa shape index (κ3) is 4.12. The molecule has 3 amide bonds. The lowest BCUT2D eigenvalue weighted by Gasteiger charge is -2.35. The number of nitrogens with zero attached hydrogens (tertiary/aromatic N) is 2. The molecule has 24 heavy (non-hydrogen) atoms. The molecule has 1 N–H and O–H groups in total. The molecule has 0 atom stereocenters. The number of rotatable bonds is 3. The predicted molar refractivity (Wildman–Crippen MR) is 93.9 cm³/mol. The number of piperazine rings is 1. The van der Waals surface area contributed by atoms with Gasteiger partial charge in [0.25, 0.3) is 5.91 Å². The second kappa shape index (κ2) is 7.75. The molecule has 0 aromatic heterocycles. The van der Waals surface area contributed by atoms with Crippen molar-refractivity contribution < 1.29 is 14.3 Å². The van der Waals surface area contributed by atoms with Crippen LogP contribution in [0, 0.1) is 6.92 Å². The first-order valence-corrected chi connectivity index (χ1v) is 8.40. The molecule has 1 aliphatic heterocycles. The molecule has 0 aliphatic carbocycles. The van der Waals surface area contributed by atoms with E-state index in [1.165, 1.54) is 0 Å². The van der Waals surface area contributed by atoms with Gasteiger partial charge in [0.15, 0.2) is 0 Å². The Morgan fingerprint density at radius 3 is 2.29 bits per heavy atom. The van der Waals surface area contributed by atoms with Gasteiger partial charge in [0.2, 0.25) is 0 Å². The lowest BCUT2D eigenvalue weighted by atomic mass is 10.1. The molecule has 0 saturated carbocycles. The highest BCUT2D eigenvalue weighted by Crippen LogP contribution is 2.28. The van der Waals surface area contributed by atoms with Crippen molar-refractivity contribution in [1.82, 2.24) is 15.1 Å². The van der Waals surface area contributed by atoms with E-state index in [1.54, 1.807) is 29.0 Å². The minimum atomic E-state index is -0.0826. The van der Waals surface area contributed by atoms with Crippen LogP contribution in [0.25, 0.3) is 0 Å². The van der Waals surface area contributed by atoms with Crippen LogP contribution >= 0.6 is 11.6 Å². The Bertz CT molecular complexity index is 626. The Morgan fingerprint density at radius 2 is 1.75 bits per heavy atom. The van der Waals surface area contributed by atoms with Crippen LogP contribution in [-0.2, 0) is 0 Å². The normalized spacial score (nSPS) is 14.8. The number of carbonyl (C=O) groups is 2. The molecule has 1 fully saturated rings. The summed E-state index contributed by atoms with van der Waals surface area (Å²) in [5, 5.41) is 3.29. The van der Waals surface area contributed by atoms with Gasteiger partial charge in [-0.25, -0.2) is 4.79 Å². The van der Waals surface area contributed by atoms with Gasteiger partial charge in [-0.1, -0.05) is 11.6 Å². The fourth-order valence-electron chi connectivity index (χ4n) is 2.66. The maximum Gasteiger partial charge on any atom is 0.317 e. The summed E-state index contributed by atoms with van der Waals surface area (Å²) in [5.41, 5.74) is 1.39. The molecule has 1 aliphatic rings. The van der Waals surface area contributed by atoms with E-state index in [9.17, 15) is 9.59 Å². The maximum atomic E-state index is 12.7. The SMILES string of the molecule is COc1cc(C)c(C(=O)N2CCN(C(=O)NC(C)C)CC2)cc1Cl. The van der Waals surface area contributed by atoms with E-state index < -0.39 is 0 Å². The lowest BCUT2D eigenvalue weighted by molar-refractivity contribution is 0.0663. The minimum Gasteiger partial charge on any atom is -0.495 e. The largest absolute Gasteiger partial charge is 0.495 e. The number of urea groups is 1. The molecule has 6 nitrogen and oxygen atoms in total. The number of ether oxygens (including phenoxy) is 1. The van der Waals surface area contributed by atoms with E-state index in [4.69, 9.17) is 16.3 Å². The van der Waals surface area contributed by atoms with Crippen LogP contribution in [-0.4, -0.2) is 61.1 Å². The smallest absolute Gasteiger partial charge is 0.317 e. The molecule has 0 spiro atoms. The summed E-state index contributed by atoms with van der Waals surface area (Å²) >= 11 is 6.14. The topological polar surface area (TPSA) is 61.9 Å². The van der Waals surface area contributed by atoms with Gasteiger partial charge in [0.05, 0.1) is 12.1 Å². The van der Waals surface area contributed by atoms with E-state index in [2.05, 4.69) is 5.32 Å². The summed E-state index contributed by atoms with van der Waals surface area (Å²) in [7, 11) is 1.55. The van der Waals surface area contributed by atoms with Crippen molar-refractivity contribution in [3.8, 4) is 5.75 Å². The molecule has 1 heterocycles. The number of nitrogens with one attached hydrogen (secondary N) is 1. The summed E-state index contributed by atoms with van der Waals surface area (Å²) in [6.07, 6.45) is 0. The van der Waals surface area contributed by atoms with Gasteiger partial charge in [0.1, 0.15) is 5.75 Å². The first kappa shape index (κ1) is 18.4. The van der Waals surface area contributed by atoms with Crippen molar-refractivity contribution in [1.29, 1.82) is 0 Å². The molecule has 1 aromatic carbocycles. The van der Waals surface area contributed by atoms with Gasteiger partial charge in [-0.2, -0.15) is 0 Å². The zero-order valence-electron chi connectivity index (χ0n) is 14.6. The monoisotopic (exact) mass is 353 g/mol. The fourth-order valence-corrected chi connectivity index (χ4v) is 2.90. The van der Waals surface area contributed by atoms with Crippen molar-refractivity contribution in [3.05, 3.63) is 28.3 Å². The van der Waals surface area contributed by atoms with E-state index in [0.29, 0.717) is 42.5 Å². The van der Waals surface area contributed by atoms with Crippen LogP contribution in [0.15, 0.2) is 12.1 Å². The molecule has 132 valence electrons. The summed E-state index contributed by atoms with van der Waals surface area (Å²) in [5.74, 6) is 0.488. The zero-order valence-corrected chi connectivity index (χ0v) is 15.3. The van der Waals surface area contributed by atoms with Crippen molar-refractivity contribution in [2.45, 2.75) is 26.8 Å². The summed E-state index contributed by atoms with van der Waals surface area (Å²) in [4.78, 5) is 28.2. The molecule has 7 heteroatoms. The number of amides is 3. The predicted octanol–water partition coefficient (Wildman–Crippen LogP) is 2.53. The summed E-state index contributed by atoms with van der Waals surface area (Å²) in [6.45, 7) is 7.77. The fraction of sp³-hybridized carbons (Fsp3) is 0.529.